The largest absolute Gasteiger partial charge is 0.357 e. The minimum Gasteiger partial charge on any atom is -0.357 e. The van der Waals surface area contributed by atoms with Gasteiger partial charge in [-0.1, -0.05) is 49.3 Å². The van der Waals surface area contributed by atoms with Crippen LogP contribution in [0.4, 0.5) is 0 Å². The Morgan fingerprint density at radius 2 is 1.92 bits per heavy atom. The van der Waals surface area contributed by atoms with Gasteiger partial charge >= 0.3 is 0 Å². The lowest BCUT2D eigenvalue weighted by Crippen LogP contribution is -2.42. The summed E-state index contributed by atoms with van der Waals surface area (Å²) in [6, 6.07) is 10.9. The van der Waals surface area contributed by atoms with Crippen molar-refractivity contribution >= 4 is 5.96 Å². The molecule has 0 radical (unpaired) electrons. The maximum atomic E-state index is 5.27. The SMILES string of the molecule is CCNC(=NCCc1nc(C(C)C)no1)NC(C)CCc1ccccc1. The summed E-state index contributed by atoms with van der Waals surface area (Å²) < 4.78 is 5.27. The van der Waals surface area contributed by atoms with Crippen molar-refractivity contribution in [3.63, 3.8) is 0 Å². The Kier molecular flexibility index (Phi) is 8.12. The lowest BCUT2D eigenvalue weighted by Gasteiger charge is -2.17. The predicted molar refractivity (Wildman–Crippen MR) is 105 cm³/mol. The predicted octanol–water partition coefficient (Wildman–Crippen LogP) is 3.31. The fourth-order valence-electron chi connectivity index (χ4n) is 2.52. The highest BCUT2D eigenvalue weighted by Gasteiger charge is 2.10. The molecule has 1 aromatic carbocycles. The molecule has 6 heteroatoms. The van der Waals surface area contributed by atoms with E-state index in [1.165, 1.54) is 5.56 Å². The van der Waals surface area contributed by atoms with Crippen molar-refractivity contribution in [1.82, 2.24) is 20.8 Å². The summed E-state index contributed by atoms with van der Waals surface area (Å²) in [5.41, 5.74) is 1.36. The lowest BCUT2D eigenvalue weighted by molar-refractivity contribution is 0.372. The quantitative estimate of drug-likeness (QED) is 0.532. The van der Waals surface area contributed by atoms with E-state index in [4.69, 9.17) is 4.52 Å². The number of hydrogen-bond donors (Lipinski definition) is 2. The van der Waals surface area contributed by atoms with Gasteiger partial charge in [0.15, 0.2) is 11.8 Å². The zero-order valence-electron chi connectivity index (χ0n) is 16.3. The number of hydrogen-bond acceptors (Lipinski definition) is 4. The first-order valence-electron chi connectivity index (χ1n) is 9.49. The molecule has 0 amide bonds. The van der Waals surface area contributed by atoms with Crippen molar-refractivity contribution in [2.45, 2.75) is 58.9 Å². The molecule has 0 bridgehead atoms. The van der Waals surface area contributed by atoms with Crippen molar-refractivity contribution in [3.8, 4) is 0 Å². The molecule has 0 aliphatic rings. The van der Waals surface area contributed by atoms with Crippen LogP contribution in [-0.4, -0.2) is 35.2 Å². The maximum Gasteiger partial charge on any atom is 0.228 e. The summed E-state index contributed by atoms with van der Waals surface area (Å²) in [7, 11) is 0. The highest BCUT2D eigenvalue weighted by atomic mass is 16.5. The smallest absolute Gasteiger partial charge is 0.228 e. The molecule has 0 aliphatic carbocycles. The van der Waals surface area contributed by atoms with Gasteiger partial charge in [-0.15, -0.1) is 0 Å². The molecule has 0 saturated heterocycles. The molecule has 0 spiro atoms. The van der Waals surface area contributed by atoms with Gasteiger partial charge < -0.3 is 15.2 Å². The second kappa shape index (κ2) is 10.6. The van der Waals surface area contributed by atoms with E-state index in [0.717, 1.165) is 31.2 Å². The Bertz CT molecular complexity index is 666. The van der Waals surface area contributed by atoms with Gasteiger partial charge in [-0.2, -0.15) is 4.98 Å². The van der Waals surface area contributed by atoms with Crippen LogP contribution in [0.25, 0.3) is 0 Å². The Morgan fingerprint density at radius 3 is 2.58 bits per heavy atom. The molecule has 2 N–H and O–H groups in total. The molecule has 0 fully saturated rings. The van der Waals surface area contributed by atoms with Crippen LogP contribution in [0, 0.1) is 0 Å². The number of benzene rings is 1. The van der Waals surface area contributed by atoms with E-state index in [1.54, 1.807) is 0 Å². The van der Waals surface area contributed by atoms with Crippen molar-refractivity contribution in [3.05, 3.63) is 47.6 Å². The number of rotatable bonds is 9. The monoisotopic (exact) mass is 357 g/mol. The molecule has 6 nitrogen and oxygen atoms in total. The number of guanidine groups is 1. The third-order valence-corrected chi connectivity index (χ3v) is 4.03. The molecule has 2 rings (SSSR count). The molecular formula is C20H31N5O. The van der Waals surface area contributed by atoms with E-state index in [9.17, 15) is 0 Å². The van der Waals surface area contributed by atoms with E-state index in [2.05, 4.69) is 83.8 Å². The molecule has 1 aromatic heterocycles. The zero-order valence-corrected chi connectivity index (χ0v) is 16.3. The van der Waals surface area contributed by atoms with Gasteiger partial charge in [0.05, 0.1) is 6.54 Å². The average Bonchev–Trinajstić information content (AvgIpc) is 3.10. The average molecular weight is 358 g/mol. The van der Waals surface area contributed by atoms with Gasteiger partial charge in [-0.05, 0) is 32.3 Å². The zero-order chi connectivity index (χ0) is 18.8. The first-order valence-corrected chi connectivity index (χ1v) is 9.49. The summed E-state index contributed by atoms with van der Waals surface area (Å²) >= 11 is 0. The van der Waals surface area contributed by atoms with Crippen molar-refractivity contribution in [2.24, 2.45) is 4.99 Å². The van der Waals surface area contributed by atoms with E-state index in [1.807, 2.05) is 0 Å². The first-order chi connectivity index (χ1) is 12.6. The normalized spacial score (nSPS) is 13.0. The van der Waals surface area contributed by atoms with Crippen LogP contribution < -0.4 is 10.6 Å². The number of nitrogens with zero attached hydrogens (tertiary/aromatic N) is 3. The maximum absolute atomic E-state index is 5.27. The number of nitrogens with one attached hydrogen (secondary N) is 2. The summed E-state index contributed by atoms with van der Waals surface area (Å²) in [5.74, 6) is 2.51. The topological polar surface area (TPSA) is 75.3 Å². The first kappa shape index (κ1) is 19.9. The van der Waals surface area contributed by atoms with Crippen LogP contribution in [0.15, 0.2) is 39.8 Å². The van der Waals surface area contributed by atoms with Gasteiger partial charge in [-0.25, -0.2) is 0 Å². The highest BCUT2D eigenvalue weighted by molar-refractivity contribution is 5.80. The number of aliphatic imine (C=N–C) groups is 1. The Hall–Kier alpha value is -2.37. The van der Waals surface area contributed by atoms with Crippen molar-refractivity contribution < 1.29 is 4.52 Å². The number of aromatic nitrogens is 2. The summed E-state index contributed by atoms with van der Waals surface area (Å²) in [6.07, 6.45) is 2.75. The number of aryl methyl sites for hydroxylation is 1. The van der Waals surface area contributed by atoms with E-state index < -0.39 is 0 Å². The molecule has 1 atom stereocenters. The summed E-state index contributed by atoms with van der Waals surface area (Å²) in [5, 5.41) is 10.7. The fraction of sp³-hybridized carbons (Fsp3) is 0.550. The van der Waals surface area contributed by atoms with E-state index in [-0.39, 0.29) is 5.92 Å². The second-order valence-corrected chi connectivity index (χ2v) is 6.78. The van der Waals surface area contributed by atoms with Crippen LogP contribution in [0.2, 0.25) is 0 Å². The Morgan fingerprint density at radius 1 is 1.15 bits per heavy atom. The van der Waals surface area contributed by atoms with Gasteiger partial charge in [0.25, 0.3) is 0 Å². The third-order valence-electron chi connectivity index (χ3n) is 4.03. The van der Waals surface area contributed by atoms with E-state index in [0.29, 0.717) is 24.9 Å². The van der Waals surface area contributed by atoms with Gasteiger partial charge in [-0.3, -0.25) is 4.99 Å². The minimum absolute atomic E-state index is 0.278. The Labute approximate surface area is 156 Å². The second-order valence-electron chi connectivity index (χ2n) is 6.78. The molecular weight excluding hydrogens is 326 g/mol. The lowest BCUT2D eigenvalue weighted by atomic mass is 10.1. The van der Waals surface area contributed by atoms with Crippen molar-refractivity contribution in [2.75, 3.05) is 13.1 Å². The van der Waals surface area contributed by atoms with Crippen LogP contribution >= 0.6 is 0 Å². The van der Waals surface area contributed by atoms with Gasteiger partial charge in [0, 0.05) is 24.9 Å². The van der Waals surface area contributed by atoms with Gasteiger partial charge in [0.2, 0.25) is 5.89 Å². The Balaban J connectivity index is 1.80. The summed E-state index contributed by atoms with van der Waals surface area (Å²) in [6.45, 7) is 9.80. The minimum atomic E-state index is 0.278. The molecule has 142 valence electrons. The molecule has 0 saturated carbocycles. The van der Waals surface area contributed by atoms with Crippen LogP contribution in [0.3, 0.4) is 0 Å². The van der Waals surface area contributed by atoms with Crippen LogP contribution in [0.5, 0.6) is 0 Å². The van der Waals surface area contributed by atoms with Crippen LogP contribution in [0.1, 0.15) is 57.3 Å². The van der Waals surface area contributed by atoms with Crippen LogP contribution in [-0.2, 0) is 12.8 Å². The molecule has 26 heavy (non-hydrogen) atoms. The fourth-order valence-corrected chi connectivity index (χ4v) is 2.52. The highest BCUT2D eigenvalue weighted by Crippen LogP contribution is 2.10. The molecule has 0 aliphatic heterocycles. The molecule has 2 aromatic rings. The standard InChI is InChI=1S/C20H31N5O/c1-5-21-20(22-14-13-18-24-19(15(2)3)25-26-18)23-16(4)11-12-17-9-7-6-8-10-17/h6-10,15-16H,5,11-14H2,1-4H3,(H2,21,22,23). The molecule has 1 unspecified atom stereocenters. The van der Waals surface area contributed by atoms with E-state index >= 15 is 0 Å². The molecule has 1 heterocycles. The summed E-state index contributed by atoms with van der Waals surface area (Å²) in [4.78, 5) is 9.01. The van der Waals surface area contributed by atoms with Gasteiger partial charge in [0.1, 0.15) is 0 Å². The van der Waals surface area contributed by atoms with Crippen molar-refractivity contribution in [1.29, 1.82) is 0 Å². The third kappa shape index (κ3) is 6.86.